The lowest BCUT2D eigenvalue weighted by atomic mass is 9.93. The number of hydrogen-bond acceptors (Lipinski definition) is 1. The summed E-state index contributed by atoms with van der Waals surface area (Å²) in [7, 11) is 0. The minimum absolute atomic E-state index is 0.316. The number of hydrogen-bond donors (Lipinski definition) is 1. The van der Waals surface area contributed by atoms with Crippen molar-refractivity contribution < 1.29 is 0 Å². The Bertz CT molecular complexity index is 221. The summed E-state index contributed by atoms with van der Waals surface area (Å²) in [6.07, 6.45) is 4.73. The van der Waals surface area contributed by atoms with Crippen LogP contribution in [0.1, 0.15) is 34.1 Å². The summed E-state index contributed by atoms with van der Waals surface area (Å²) in [4.78, 5) is 8.07. The molecule has 0 aliphatic carbocycles. The zero-order valence-electron chi connectivity index (χ0n) is 9.67. The molecule has 0 saturated heterocycles. The maximum Gasteiger partial charge on any atom is 0.221 e. The quantitative estimate of drug-likeness (QED) is 0.545. The van der Waals surface area contributed by atoms with Gasteiger partial charge in [-0.15, -0.1) is 0 Å². The van der Waals surface area contributed by atoms with E-state index in [1.54, 1.807) is 6.20 Å². The van der Waals surface area contributed by atoms with Gasteiger partial charge in [0.1, 0.15) is 0 Å². The Labute approximate surface area is 87.0 Å². The first kappa shape index (κ1) is 12.9. The summed E-state index contributed by atoms with van der Waals surface area (Å²) >= 11 is 0. The van der Waals surface area contributed by atoms with Crippen LogP contribution in [0.5, 0.6) is 0 Å². The predicted octanol–water partition coefficient (Wildman–Crippen LogP) is 2.60. The van der Waals surface area contributed by atoms with Crippen LogP contribution in [-0.4, -0.2) is 19.2 Å². The van der Waals surface area contributed by atoms with Crippen molar-refractivity contribution in [2.24, 2.45) is 15.4 Å². The topological polar surface area (TPSA) is 36.8 Å². The van der Waals surface area contributed by atoms with E-state index in [-0.39, 0.29) is 0 Å². The molecule has 0 fully saturated rings. The van der Waals surface area contributed by atoms with E-state index in [4.69, 9.17) is 0 Å². The molecule has 0 bridgehead atoms. The molecule has 0 aromatic heterocycles. The van der Waals surface area contributed by atoms with Crippen molar-refractivity contribution >= 4 is 12.7 Å². The summed E-state index contributed by atoms with van der Waals surface area (Å²) < 4.78 is 0. The Morgan fingerprint density at radius 3 is 2.50 bits per heavy atom. The van der Waals surface area contributed by atoms with E-state index in [2.05, 4.69) is 42.8 Å². The largest absolute Gasteiger partial charge is 0.331 e. The highest BCUT2D eigenvalue weighted by Gasteiger charge is 2.08. The maximum atomic E-state index is 4.29. The normalized spacial score (nSPS) is 13.3. The molecule has 0 radical (unpaired) electrons. The number of nitrogens with one attached hydrogen (secondary N) is 1. The monoisotopic (exact) mass is 195 g/mol. The smallest absolute Gasteiger partial charge is 0.221 e. The SMILES string of the molecule is C=NC(=NCCC(C)(C)C)N/C=C\C. The third-order valence-electron chi connectivity index (χ3n) is 1.65. The molecule has 80 valence electrons. The van der Waals surface area contributed by atoms with Crippen LogP contribution in [0.4, 0.5) is 0 Å². The van der Waals surface area contributed by atoms with Crippen LogP contribution in [0.3, 0.4) is 0 Å². The van der Waals surface area contributed by atoms with Crippen LogP contribution < -0.4 is 5.32 Å². The Balaban J connectivity index is 3.99. The van der Waals surface area contributed by atoms with Crippen LogP contribution in [-0.2, 0) is 0 Å². The van der Waals surface area contributed by atoms with Gasteiger partial charge in [-0.3, -0.25) is 4.99 Å². The Morgan fingerprint density at radius 2 is 2.07 bits per heavy atom. The Hall–Kier alpha value is -1.12. The second kappa shape index (κ2) is 6.35. The Morgan fingerprint density at radius 1 is 1.43 bits per heavy atom. The minimum atomic E-state index is 0.316. The predicted molar refractivity (Wildman–Crippen MR) is 63.9 cm³/mol. The van der Waals surface area contributed by atoms with E-state index in [1.807, 2.05) is 13.0 Å². The molecule has 0 aromatic carbocycles. The van der Waals surface area contributed by atoms with E-state index < -0.39 is 0 Å². The average Bonchev–Trinajstić information content (AvgIpc) is 2.09. The molecule has 0 atom stereocenters. The summed E-state index contributed by atoms with van der Waals surface area (Å²) in [5.41, 5.74) is 0.316. The zero-order chi connectivity index (χ0) is 11.0. The van der Waals surface area contributed by atoms with Gasteiger partial charge in [0.05, 0.1) is 0 Å². The minimum Gasteiger partial charge on any atom is -0.331 e. The van der Waals surface area contributed by atoms with Crippen LogP contribution in [0, 0.1) is 5.41 Å². The van der Waals surface area contributed by atoms with Crippen molar-refractivity contribution in [2.45, 2.75) is 34.1 Å². The van der Waals surface area contributed by atoms with E-state index in [9.17, 15) is 0 Å². The van der Waals surface area contributed by atoms with Crippen molar-refractivity contribution in [2.75, 3.05) is 6.54 Å². The lowest BCUT2D eigenvalue weighted by Gasteiger charge is -2.15. The van der Waals surface area contributed by atoms with Gasteiger partial charge in [-0.1, -0.05) is 26.8 Å². The fourth-order valence-electron chi connectivity index (χ4n) is 0.796. The van der Waals surface area contributed by atoms with Gasteiger partial charge < -0.3 is 5.32 Å². The molecule has 0 amide bonds. The maximum absolute atomic E-state index is 4.29. The van der Waals surface area contributed by atoms with Crippen LogP contribution in [0.15, 0.2) is 22.3 Å². The summed E-state index contributed by atoms with van der Waals surface area (Å²) in [6, 6.07) is 0. The van der Waals surface area contributed by atoms with Gasteiger partial charge in [-0.05, 0) is 31.7 Å². The fraction of sp³-hybridized carbons (Fsp3) is 0.636. The summed E-state index contributed by atoms with van der Waals surface area (Å²) in [6.45, 7) is 12.8. The number of allylic oxidation sites excluding steroid dienone is 1. The van der Waals surface area contributed by atoms with E-state index in [0.29, 0.717) is 11.4 Å². The molecule has 0 aromatic rings. The number of rotatable bonds is 3. The molecule has 3 heteroatoms. The van der Waals surface area contributed by atoms with Crippen LogP contribution in [0.2, 0.25) is 0 Å². The van der Waals surface area contributed by atoms with Gasteiger partial charge >= 0.3 is 0 Å². The van der Waals surface area contributed by atoms with E-state index in [1.165, 1.54) is 0 Å². The van der Waals surface area contributed by atoms with Crippen LogP contribution in [0.25, 0.3) is 0 Å². The van der Waals surface area contributed by atoms with Crippen molar-refractivity contribution in [3.05, 3.63) is 12.3 Å². The van der Waals surface area contributed by atoms with Crippen molar-refractivity contribution in [1.29, 1.82) is 0 Å². The standard InChI is InChI=1S/C11H21N3/c1-6-8-13-10(12-5)14-9-7-11(2,3)4/h6,8H,5,7,9H2,1-4H3,(H,13,14)/b8-6-. The van der Waals surface area contributed by atoms with Crippen LogP contribution >= 0.6 is 0 Å². The number of nitrogens with zero attached hydrogens (tertiary/aromatic N) is 2. The van der Waals surface area contributed by atoms with Crippen molar-refractivity contribution in [3.63, 3.8) is 0 Å². The first-order valence-corrected chi connectivity index (χ1v) is 4.88. The van der Waals surface area contributed by atoms with Gasteiger partial charge in [-0.2, -0.15) is 0 Å². The number of guanidine groups is 1. The fourth-order valence-corrected chi connectivity index (χ4v) is 0.796. The molecule has 0 spiro atoms. The average molecular weight is 195 g/mol. The highest BCUT2D eigenvalue weighted by atomic mass is 15.1. The molecule has 1 N–H and O–H groups in total. The molecule has 0 rings (SSSR count). The molecule has 0 heterocycles. The first-order valence-electron chi connectivity index (χ1n) is 4.88. The third kappa shape index (κ3) is 7.53. The van der Waals surface area contributed by atoms with Gasteiger partial charge in [0.25, 0.3) is 0 Å². The molecule has 0 unspecified atom stereocenters. The van der Waals surface area contributed by atoms with E-state index in [0.717, 1.165) is 13.0 Å². The molecule has 0 saturated carbocycles. The van der Waals surface area contributed by atoms with Crippen molar-refractivity contribution in [1.82, 2.24) is 5.32 Å². The number of aliphatic imine (C=N–C) groups is 2. The van der Waals surface area contributed by atoms with Gasteiger partial charge in [0.2, 0.25) is 5.96 Å². The van der Waals surface area contributed by atoms with Crippen molar-refractivity contribution in [3.8, 4) is 0 Å². The lowest BCUT2D eigenvalue weighted by molar-refractivity contribution is 0.385. The third-order valence-corrected chi connectivity index (χ3v) is 1.65. The highest BCUT2D eigenvalue weighted by molar-refractivity contribution is 5.84. The zero-order valence-corrected chi connectivity index (χ0v) is 9.67. The second-order valence-electron chi connectivity index (χ2n) is 4.32. The molecule has 14 heavy (non-hydrogen) atoms. The highest BCUT2D eigenvalue weighted by Crippen LogP contribution is 2.17. The van der Waals surface area contributed by atoms with Gasteiger partial charge in [0.15, 0.2) is 0 Å². The Kier molecular flexibility index (Phi) is 5.84. The molecule has 0 aliphatic rings. The molecule has 3 nitrogen and oxygen atoms in total. The molecular formula is C11H21N3. The summed E-state index contributed by atoms with van der Waals surface area (Å²) in [5, 5.41) is 2.95. The lowest BCUT2D eigenvalue weighted by Crippen LogP contribution is -2.16. The van der Waals surface area contributed by atoms with E-state index >= 15 is 0 Å². The first-order chi connectivity index (χ1) is 6.49. The molecule has 0 aliphatic heterocycles. The summed E-state index contributed by atoms with van der Waals surface area (Å²) in [5.74, 6) is 0.590. The van der Waals surface area contributed by atoms with Gasteiger partial charge in [0, 0.05) is 6.54 Å². The molecular weight excluding hydrogens is 174 g/mol. The second-order valence-corrected chi connectivity index (χ2v) is 4.32. The van der Waals surface area contributed by atoms with Gasteiger partial charge in [-0.25, -0.2) is 4.99 Å².